The summed E-state index contributed by atoms with van der Waals surface area (Å²) in [5.41, 5.74) is 0. The van der Waals surface area contributed by atoms with E-state index in [-0.39, 0.29) is 0 Å². The number of thiophene rings is 1. The van der Waals surface area contributed by atoms with Gasteiger partial charge in [-0.25, -0.2) is 4.98 Å². The number of rotatable bonds is 7. The lowest BCUT2D eigenvalue weighted by Gasteiger charge is -2.16. The second-order valence-corrected chi connectivity index (χ2v) is 5.20. The molecule has 5 heteroatoms. The van der Waals surface area contributed by atoms with E-state index in [0.29, 0.717) is 6.04 Å². The van der Waals surface area contributed by atoms with E-state index in [9.17, 15) is 0 Å². The van der Waals surface area contributed by atoms with Crippen molar-refractivity contribution >= 4 is 11.3 Å². The van der Waals surface area contributed by atoms with E-state index in [2.05, 4.69) is 46.8 Å². The Hall–Kier alpha value is -1.20. The van der Waals surface area contributed by atoms with Crippen molar-refractivity contribution in [3.8, 4) is 0 Å². The van der Waals surface area contributed by atoms with Crippen molar-refractivity contribution in [3.63, 3.8) is 0 Å². The average molecular weight is 264 g/mol. The summed E-state index contributed by atoms with van der Waals surface area (Å²) in [6.07, 6.45) is 3.68. The zero-order valence-corrected chi connectivity index (χ0v) is 11.8. The third-order valence-electron chi connectivity index (χ3n) is 2.91. The number of nitrogens with one attached hydrogen (secondary N) is 1. The lowest BCUT2D eigenvalue weighted by molar-refractivity contribution is 0.502. The molecule has 0 amide bonds. The van der Waals surface area contributed by atoms with Gasteiger partial charge in [0, 0.05) is 23.9 Å². The molecule has 0 radical (unpaired) electrons. The van der Waals surface area contributed by atoms with Gasteiger partial charge in [0.2, 0.25) is 0 Å². The van der Waals surface area contributed by atoms with Gasteiger partial charge in [-0.2, -0.15) is 5.10 Å². The number of aryl methyl sites for hydroxylation is 1. The van der Waals surface area contributed by atoms with Crippen LogP contribution in [-0.4, -0.2) is 21.3 Å². The van der Waals surface area contributed by atoms with Crippen LogP contribution in [0.5, 0.6) is 0 Å². The Morgan fingerprint density at radius 1 is 1.44 bits per heavy atom. The number of hydrogen-bond acceptors (Lipinski definition) is 4. The average Bonchev–Trinajstić information content (AvgIpc) is 3.04. The van der Waals surface area contributed by atoms with Crippen LogP contribution in [0.3, 0.4) is 0 Å². The summed E-state index contributed by atoms with van der Waals surface area (Å²) >= 11 is 1.80. The molecule has 0 saturated carbocycles. The maximum Gasteiger partial charge on any atom is 0.138 e. The third-order valence-corrected chi connectivity index (χ3v) is 3.90. The fourth-order valence-electron chi connectivity index (χ4n) is 1.97. The maximum atomic E-state index is 4.36. The van der Waals surface area contributed by atoms with Gasteiger partial charge in [-0.3, -0.25) is 4.68 Å². The Bertz CT molecular complexity index is 449. The fraction of sp³-hybridized carbons (Fsp3) is 0.538. The van der Waals surface area contributed by atoms with Crippen LogP contribution in [0.4, 0.5) is 0 Å². The van der Waals surface area contributed by atoms with Crippen LogP contribution < -0.4 is 5.32 Å². The number of aromatic nitrogens is 3. The Morgan fingerprint density at radius 3 is 3.00 bits per heavy atom. The predicted octanol–water partition coefficient (Wildman–Crippen LogP) is 2.64. The highest BCUT2D eigenvalue weighted by Gasteiger charge is 2.15. The molecule has 4 nitrogen and oxygen atoms in total. The molecule has 2 rings (SSSR count). The Balaban J connectivity index is 2.10. The van der Waals surface area contributed by atoms with Crippen LogP contribution >= 0.6 is 11.3 Å². The lowest BCUT2D eigenvalue weighted by Crippen LogP contribution is -2.24. The van der Waals surface area contributed by atoms with Gasteiger partial charge in [-0.1, -0.05) is 13.0 Å². The first-order chi connectivity index (χ1) is 8.85. The van der Waals surface area contributed by atoms with Crippen LogP contribution in [0.1, 0.15) is 37.0 Å². The van der Waals surface area contributed by atoms with Crippen LogP contribution in [0, 0.1) is 0 Å². The molecule has 0 aromatic carbocycles. The molecule has 0 fully saturated rings. The van der Waals surface area contributed by atoms with Crippen LogP contribution in [0.25, 0.3) is 0 Å². The Labute approximate surface area is 112 Å². The first-order valence-electron chi connectivity index (χ1n) is 6.48. The quantitative estimate of drug-likeness (QED) is 0.836. The van der Waals surface area contributed by atoms with Gasteiger partial charge < -0.3 is 5.32 Å². The van der Waals surface area contributed by atoms with Crippen molar-refractivity contribution in [2.24, 2.45) is 0 Å². The van der Waals surface area contributed by atoms with Gasteiger partial charge in [0.05, 0.1) is 0 Å². The van der Waals surface area contributed by atoms with E-state index in [1.54, 1.807) is 17.7 Å². The minimum absolute atomic E-state index is 0.347. The second-order valence-electron chi connectivity index (χ2n) is 4.22. The molecular weight excluding hydrogens is 244 g/mol. The highest BCUT2D eigenvalue weighted by molar-refractivity contribution is 7.10. The van der Waals surface area contributed by atoms with E-state index in [4.69, 9.17) is 0 Å². The molecule has 2 aromatic heterocycles. The predicted molar refractivity (Wildman–Crippen MR) is 74.8 cm³/mol. The smallest absolute Gasteiger partial charge is 0.138 e. The first kappa shape index (κ1) is 13.2. The molecule has 98 valence electrons. The highest BCUT2D eigenvalue weighted by Crippen LogP contribution is 2.22. The van der Waals surface area contributed by atoms with Gasteiger partial charge >= 0.3 is 0 Å². The molecule has 0 bridgehead atoms. The lowest BCUT2D eigenvalue weighted by atomic mass is 10.1. The molecule has 1 unspecified atom stereocenters. The van der Waals surface area contributed by atoms with Crippen molar-refractivity contribution in [1.29, 1.82) is 0 Å². The summed E-state index contributed by atoms with van der Waals surface area (Å²) in [5.74, 6) is 1.06. The summed E-state index contributed by atoms with van der Waals surface area (Å²) in [5, 5.41) is 9.95. The molecule has 0 aliphatic heterocycles. The molecule has 1 N–H and O–H groups in total. The maximum absolute atomic E-state index is 4.36. The molecule has 0 aliphatic rings. The van der Waals surface area contributed by atoms with E-state index >= 15 is 0 Å². The zero-order valence-electron chi connectivity index (χ0n) is 11.0. The Kier molecular flexibility index (Phi) is 4.90. The summed E-state index contributed by atoms with van der Waals surface area (Å²) in [7, 11) is 0. The zero-order chi connectivity index (χ0) is 12.8. The van der Waals surface area contributed by atoms with Crippen molar-refractivity contribution in [2.45, 2.75) is 39.3 Å². The third kappa shape index (κ3) is 3.17. The number of hydrogen-bond donors (Lipinski definition) is 1. The minimum atomic E-state index is 0.347. The topological polar surface area (TPSA) is 42.7 Å². The number of nitrogens with zero attached hydrogens (tertiary/aromatic N) is 3. The van der Waals surface area contributed by atoms with Gasteiger partial charge in [0.15, 0.2) is 0 Å². The van der Waals surface area contributed by atoms with Crippen molar-refractivity contribution in [1.82, 2.24) is 20.1 Å². The standard InChI is InChI=1S/C13H20N4S/c1-3-7-14-11(12-6-5-8-18-12)9-13-15-10-16-17(13)4-2/h5-6,8,10-11,14H,3-4,7,9H2,1-2H3. The normalized spacial score (nSPS) is 12.8. The highest BCUT2D eigenvalue weighted by atomic mass is 32.1. The summed E-state index contributed by atoms with van der Waals surface area (Å²) in [6.45, 7) is 6.19. The van der Waals surface area contributed by atoms with E-state index in [1.807, 2.05) is 4.68 Å². The molecule has 0 spiro atoms. The summed E-state index contributed by atoms with van der Waals surface area (Å²) in [4.78, 5) is 5.73. The molecule has 18 heavy (non-hydrogen) atoms. The van der Waals surface area contributed by atoms with E-state index < -0.39 is 0 Å². The SMILES string of the molecule is CCCNC(Cc1ncnn1CC)c1cccs1. The fourth-order valence-corrected chi connectivity index (χ4v) is 2.78. The minimum Gasteiger partial charge on any atom is -0.309 e. The molecule has 2 heterocycles. The van der Waals surface area contributed by atoms with Gasteiger partial charge in [-0.05, 0) is 31.3 Å². The molecule has 0 saturated heterocycles. The Morgan fingerprint density at radius 2 is 2.33 bits per heavy atom. The van der Waals surface area contributed by atoms with Crippen LogP contribution in [-0.2, 0) is 13.0 Å². The van der Waals surface area contributed by atoms with E-state index in [0.717, 1.165) is 31.8 Å². The monoisotopic (exact) mass is 264 g/mol. The molecule has 1 atom stereocenters. The largest absolute Gasteiger partial charge is 0.309 e. The van der Waals surface area contributed by atoms with Crippen molar-refractivity contribution in [3.05, 3.63) is 34.5 Å². The van der Waals surface area contributed by atoms with Crippen molar-refractivity contribution in [2.75, 3.05) is 6.54 Å². The second kappa shape index (κ2) is 6.66. The van der Waals surface area contributed by atoms with Gasteiger partial charge in [0.25, 0.3) is 0 Å². The van der Waals surface area contributed by atoms with Gasteiger partial charge in [-0.15, -0.1) is 11.3 Å². The van der Waals surface area contributed by atoms with E-state index in [1.165, 1.54) is 4.88 Å². The molecular formula is C13H20N4S. The molecule has 0 aliphatic carbocycles. The molecule has 2 aromatic rings. The van der Waals surface area contributed by atoms with Gasteiger partial charge in [0.1, 0.15) is 12.2 Å². The summed E-state index contributed by atoms with van der Waals surface area (Å²) in [6, 6.07) is 4.63. The van der Waals surface area contributed by atoms with Crippen molar-refractivity contribution < 1.29 is 0 Å². The van der Waals surface area contributed by atoms with Crippen LogP contribution in [0.2, 0.25) is 0 Å². The van der Waals surface area contributed by atoms with Crippen LogP contribution in [0.15, 0.2) is 23.8 Å². The summed E-state index contributed by atoms with van der Waals surface area (Å²) < 4.78 is 1.97. The first-order valence-corrected chi connectivity index (χ1v) is 7.36.